The summed E-state index contributed by atoms with van der Waals surface area (Å²) in [6.45, 7) is 0.214. The van der Waals surface area contributed by atoms with E-state index in [2.05, 4.69) is 16.0 Å². The molecular formula is C17H24ClN5O5. The molecule has 0 aromatic heterocycles. The summed E-state index contributed by atoms with van der Waals surface area (Å²) < 4.78 is 0. The van der Waals surface area contributed by atoms with Gasteiger partial charge in [0.15, 0.2) is 0 Å². The highest BCUT2D eigenvalue weighted by molar-refractivity contribution is 6.30. The van der Waals surface area contributed by atoms with E-state index >= 15 is 0 Å². The van der Waals surface area contributed by atoms with Gasteiger partial charge in [-0.1, -0.05) is 12.1 Å². The van der Waals surface area contributed by atoms with Crippen molar-refractivity contribution in [1.82, 2.24) is 15.5 Å². The molecule has 154 valence electrons. The molecule has 0 aliphatic rings. The highest BCUT2D eigenvalue weighted by atomic mass is 35.5. The maximum atomic E-state index is 12.4. The molecule has 1 rings (SSSR count). The third-order valence-electron chi connectivity index (χ3n) is 3.71. The van der Waals surface area contributed by atoms with Gasteiger partial charge in [-0.15, -0.1) is 11.6 Å². The molecule has 10 nitrogen and oxygen atoms in total. The van der Waals surface area contributed by atoms with Gasteiger partial charge in [-0.2, -0.15) is 0 Å². The number of urea groups is 1. The molecule has 0 heterocycles. The Morgan fingerprint density at radius 3 is 2.29 bits per heavy atom. The van der Waals surface area contributed by atoms with Crippen molar-refractivity contribution >= 4 is 41.2 Å². The van der Waals surface area contributed by atoms with Crippen LogP contribution in [0.15, 0.2) is 24.3 Å². The minimum Gasteiger partial charge on any atom is -0.465 e. The number of rotatable bonds is 9. The number of carbonyl (C=O) groups excluding carboxylic acids is 3. The minimum absolute atomic E-state index is 0.164. The van der Waals surface area contributed by atoms with E-state index in [1.54, 1.807) is 38.4 Å². The van der Waals surface area contributed by atoms with Gasteiger partial charge >= 0.3 is 12.1 Å². The van der Waals surface area contributed by atoms with Gasteiger partial charge in [0.25, 0.3) is 0 Å². The summed E-state index contributed by atoms with van der Waals surface area (Å²) in [4.78, 5) is 47.2. The molecule has 0 radical (unpaired) electrons. The van der Waals surface area contributed by atoms with Gasteiger partial charge < -0.3 is 31.7 Å². The van der Waals surface area contributed by atoms with Crippen molar-refractivity contribution in [1.29, 1.82) is 0 Å². The number of hydrogen-bond acceptors (Lipinski definition) is 4. The molecule has 0 aliphatic carbocycles. The number of carboxylic acid groups (broad SMARTS) is 1. The zero-order valence-corrected chi connectivity index (χ0v) is 16.3. The molecule has 0 aliphatic heterocycles. The summed E-state index contributed by atoms with van der Waals surface area (Å²) in [5, 5.41) is 15.2. The third kappa shape index (κ3) is 7.70. The van der Waals surface area contributed by atoms with E-state index in [1.165, 1.54) is 4.90 Å². The predicted octanol–water partition coefficient (Wildman–Crippen LogP) is 1.08. The van der Waals surface area contributed by atoms with E-state index < -0.39 is 29.5 Å². The fourth-order valence-electron chi connectivity index (χ4n) is 2.27. The van der Waals surface area contributed by atoms with Crippen LogP contribution in [0.1, 0.15) is 23.8 Å². The van der Waals surface area contributed by atoms with Gasteiger partial charge in [0.05, 0.1) is 0 Å². The quantitative estimate of drug-likeness (QED) is 0.302. The first-order valence-corrected chi connectivity index (χ1v) is 8.84. The lowest BCUT2D eigenvalue weighted by molar-refractivity contribution is -0.128. The number of nitrogens with one attached hydrogen (secondary N) is 3. The van der Waals surface area contributed by atoms with Crippen LogP contribution in [-0.4, -0.2) is 60.6 Å². The first-order chi connectivity index (χ1) is 13.1. The van der Waals surface area contributed by atoms with Crippen molar-refractivity contribution in [3.63, 3.8) is 0 Å². The summed E-state index contributed by atoms with van der Waals surface area (Å²) in [7, 11) is 3.20. The number of benzene rings is 1. The largest absolute Gasteiger partial charge is 0.465 e. The molecular weight excluding hydrogens is 390 g/mol. The Kier molecular flexibility index (Phi) is 9.03. The average molecular weight is 414 g/mol. The Labute approximate surface area is 167 Å². The van der Waals surface area contributed by atoms with Gasteiger partial charge in [0, 0.05) is 26.3 Å². The topological polar surface area (TPSA) is 154 Å². The second-order valence-corrected chi connectivity index (χ2v) is 6.58. The maximum Gasteiger partial charge on any atom is 0.405 e. The van der Waals surface area contributed by atoms with Gasteiger partial charge in [-0.25, -0.2) is 9.59 Å². The van der Waals surface area contributed by atoms with Crippen LogP contribution in [0.5, 0.6) is 0 Å². The van der Waals surface area contributed by atoms with E-state index in [1.807, 2.05) is 0 Å². The number of likely N-dealkylation sites (N-methyl/N-ethyl adjacent to an activating group) is 1. The van der Waals surface area contributed by atoms with E-state index in [0.29, 0.717) is 17.7 Å². The molecule has 6 N–H and O–H groups in total. The zero-order valence-electron chi connectivity index (χ0n) is 15.6. The number of primary amides is 1. The van der Waals surface area contributed by atoms with Gasteiger partial charge in [0.1, 0.15) is 11.4 Å². The highest BCUT2D eigenvalue weighted by Crippen LogP contribution is 2.23. The normalized spacial score (nSPS) is 12.4. The second kappa shape index (κ2) is 11.0. The fraction of sp³-hybridized carbons (Fsp3) is 0.412. The SMILES string of the molecule is CN(C)C(=O)C(Cl)c1ccc(NC(=O)C(CCCNC(N)=O)NC(=O)O)cc1. The van der Waals surface area contributed by atoms with E-state index in [0.717, 1.165) is 0 Å². The molecule has 1 aromatic rings. The number of amides is 5. The van der Waals surface area contributed by atoms with Crippen LogP contribution in [0.3, 0.4) is 0 Å². The van der Waals surface area contributed by atoms with Crippen LogP contribution in [0.4, 0.5) is 15.3 Å². The fourth-order valence-corrected chi connectivity index (χ4v) is 2.61. The lowest BCUT2D eigenvalue weighted by Gasteiger charge is -2.18. The lowest BCUT2D eigenvalue weighted by atomic mass is 10.1. The zero-order chi connectivity index (χ0) is 21.3. The van der Waals surface area contributed by atoms with Crippen LogP contribution in [0, 0.1) is 0 Å². The van der Waals surface area contributed by atoms with Crippen LogP contribution >= 0.6 is 11.6 Å². The number of alkyl halides is 1. The number of nitrogens with two attached hydrogens (primary N) is 1. The summed E-state index contributed by atoms with van der Waals surface area (Å²) in [6.07, 6.45) is -0.830. The molecule has 5 amide bonds. The summed E-state index contributed by atoms with van der Waals surface area (Å²) >= 11 is 6.12. The Hall–Kier alpha value is -3.01. The van der Waals surface area contributed by atoms with Crippen LogP contribution in [0.2, 0.25) is 0 Å². The molecule has 0 fully saturated rings. The van der Waals surface area contributed by atoms with Crippen LogP contribution in [0.25, 0.3) is 0 Å². The molecule has 0 saturated heterocycles. The van der Waals surface area contributed by atoms with Crippen LogP contribution in [-0.2, 0) is 9.59 Å². The third-order valence-corrected chi connectivity index (χ3v) is 4.15. The van der Waals surface area contributed by atoms with Crippen molar-refractivity contribution in [3.8, 4) is 0 Å². The number of nitrogens with zero attached hydrogens (tertiary/aromatic N) is 1. The second-order valence-electron chi connectivity index (χ2n) is 6.14. The van der Waals surface area contributed by atoms with E-state index in [-0.39, 0.29) is 18.9 Å². The highest BCUT2D eigenvalue weighted by Gasteiger charge is 2.22. The Bertz CT molecular complexity index is 710. The van der Waals surface area contributed by atoms with E-state index in [9.17, 15) is 19.2 Å². The molecule has 0 spiro atoms. The van der Waals surface area contributed by atoms with Gasteiger partial charge in [-0.05, 0) is 30.5 Å². The monoisotopic (exact) mass is 413 g/mol. The molecule has 0 bridgehead atoms. The minimum atomic E-state index is -1.34. The standard InChI is InChI=1S/C17H24ClN5O5/c1-23(2)15(25)13(18)10-5-7-11(8-6-10)21-14(24)12(22-17(27)28)4-3-9-20-16(19)26/h5-8,12-13,22H,3-4,9H2,1-2H3,(H,21,24)(H,27,28)(H3,19,20,26). The number of hydrogen-bond donors (Lipinski definition) is 5. The molecule has 2 unspecified atom stereocenters. The summed E-state index contributed by atoms with van der Waals surface area (Å²) in [6, 6.07) is 4.63. The number of anilines is 1. The van der Waals surface area contributed by atoms with Crippen molar-refractivity contribution in [2.75, 3.05) is 26.0 Å². The molecule has 28 heavy (non-hydrogen) atoms. The molecule has 1 aromatic carbocycles. The molecule has 2 atom stereocenters. The Balaban J connectivity index is 2.71. The lowest BCUT2D eigenvalue weighted by Crippen LogP contribution is -2.43. The smallest absolute Gasteiger partial charge is 0.405 e. The van der Waals surface area contributed by atoms with Gasteiger partial charge in [-0.3, -0.25) is 9.59 Å². The van der Waals surface area contributed by atoms with Crippen molar-refractivity contribution in [2.45, 2.75) is 24.3 Å². The first-order valence-electron chi connectivity index (χ1n) is 8.40. The predicted molar refractivity (Wildman–Crippen MR) is 104 cm³/mol. The van der Waals surface area contributed by atoms with Crippen molar-refractivity contribution < 1.29 is 24.3 Å². The first kappa shape index (κ1) is 23.0. The molecule has 0 saturated carbocycles. The Morgan fingerprint density at radius 2 is 1.79 bits per heavy atom. The average Bonchev–Trinajstić information content (AvgIpc) is 2.62. The summed E-state index contributed by atoms with van der Waals surface area (Å²) in [5.41, 5.74) is 5.93. The van der Waals surface area contributed by atoms with Crippen molar-refractivity contribution in [2.24, 2.45) is 5.73 Å². The van der Waals surface area contributed by atoms with Crippen molar-refractivity contribution in [3.05, 3.63) is 29.8 Å². The van der Waals surface area contributed by atoms with E-state index in [4.69, 9.17) is 22.4 Å². The molecule has 11 heteroatoms. The number of carbonyl (C=O) groups is 4. The van der Waals surface area contributed by atoms with Gasteiger partial charge in [0.2, 0.25) is 11.8 Å². The maximum absolute atomic E-state index is 12.4. The Morgan fingerprint density at radius 1 is 1.18 bits per heavy atom. The van der Waals surface area contributed by atoms with Crippen LogP contribution < -0.4 is 21.7 Å². The number of halogens is 1. The summed E-state index contributed by atoms with van der Waals surface area (Å²) in [5.74, 6) is -0.824.